The number of hydrogen-bond acceptors (Lipinski definition) is 4. The first-order valence-corrected chi connectivity index (χ1v) is 8.92. The van der Waals surface area contributed by atoms with Crippen LogP contribution in [0.1, 0.15) is 38.5 Å². The molecule has 2 rings (SSSR count). The van der Waals surface area contributed by atoms with Crippen LogP contribution in [0.5, 0.6) is 0 Å². The minimum absolute atomic E-state index is 0.0286. The number of carbonyl (C=O) groups is 2. The number of hydrogen-bond donors (Lipinski definition) is 2. The van der Waals surface area contributed by atoms with Crippen LogP contribution in [0.3, 0.4) is 0 Å². The van der Waals surface area contributed by atoms with E-state index in [1.165, 1.54) is 0 Å². The van der Waals surface area contributed by atoms with Gasteiger partial charge in [0.2, 0.25) is 5.91 Å². The molecule has 1 saturated heterocycles. The van der Waals surface area contributed by atoms with E-state index in [-0.39, 0.29) is 22.5 Å². The first-order chi connectivity index (χ1) is 10.1. The van der Waals surface area contributed by atoms with E-state index in [1.54, 1.807) is 11.8 Å². The molecular weight excluding hydrogens is 290 g/mol. The number of nitrogens with one attached hydrogen (secondary N) is 1. The van der Waals surface area contributed by atoms with Gasteiger partial charge in [-0.2, -0.15) is 11.8 Å². The van der Waals surface area contributed by atoms with Crippen LogP contribution in [0.4, 0.5) is 0 Å². The molecule has 2 N–H and O–H groups in total. The van der Waals surface area contributed by atoms with Gasteiger partial charge in [0, 0.05) is 30.4 Å². The fourth-order valence-corrected chi connectivity index (χ4v) is 4.03. The lowest BCUT2D eigenvalue weighted by Crippen LogP contribution is -2.46. The van der Waals surface area contributed by atoms with Crippen molar-refractivity contribution in [3.63, 3.8) is 0 Å². The standard InChI is InChI=1S/C15H25NO4S/c1-21-15(5-7-20-8-6-15)10-16-13(17)11-3-2-4-12(9-11)14(18)19/h11-12H,2-10H2,1H3,(H,16,17)(H,18,19). The van der Waals surface area contributed by atoms with Gasteiger partial charge in [0.05, 0.1) is 5.92 Å². The summed E-state index contributed by atoms with van der Waals surface area (Å²) < 4.78 is 5.48. The summed E-state index contributed by atoms with van der Waals surface area (Å²) in [7, 11) is 0. The quantitative estimate of drug-likeness (QED) is 0.810. The molecule has 0 aromatic rings. The lowest BCUT2D eigenvalue weighted by molar-refractivity contribution is -0.144. The fraction of sp³-hybridized carbons (Fsp3) is 0.867. The third-order valence-electron chi connectivity index (χ3n) is 4.82. The zero-order valence-corrected chi connectivity index (χ0v) is 13.4. The number of amides is 1. The number of ether oxygens (including phenoxy) is 1. The van der Waals surface area contributed by atoms with Gasteiger partial charge in [0.25, 0.3) is 0 Å². The van der Waals surface area contributed by atoms with Crippen molar-refractivity contribution in [1.29, 1.82) is 0 Å². The van der Waals surface area contributed by atoms with Crippen molar-refractivity contribution >= 4 is 23.6 Å². The van der Waals surface area contributed by atoms with Gasteiger partial charge in [-0.25, -0.2) is 0 Å². The lowest BCUT2D eigenvalue weighted by Gasteiger charge is -2.36. The van der Waals surface area contributed by atoms with Crippen LogP contribution in [0.2, 0.25) is 0 Å². The zero-order valence-electron chi connectivity index (χ0n) is 12.6. The predicted octanol–water partition coefficient (Wildman–Crippen LogP) is 1.91. The second-order valence-electron chi connectivity index (χ2n) is 6.12. The molecule has 2 unspecified atom stereocenters. The van der Waals surface area contributed by atoms with Crippen LogP contribution in [0.25, 0.3) is 0 Å². The Labute approximate surface area is 130 Å². The van der Waals surface area contributed by atoms with Gasteiger partial charge in [-0.05, 0) is 38.4 Å². The third-order valence-corrected chi connectivity index (χ3v) is 6.23. The van der Waals surface area contributed by atoms with Gasteiger partial charge in [0.15, 0.2) is 0 Å². The van der Waals surface area contributed by atoms with Crippen LogP contribution in [0.15, 0.2) is 0 Å². The van der Waals surface area contributed by atoms with Crippen molar-refractivity contribution in [2.75, 3.05) is 26.0 Å². The van der Waals surface area contributed by atoms with Crippen molar-refractivity contribution in [1.82, 2.24) is 5.32 Å². The van der Waals surface area contributed by atoms with Crippen LogP contribution in [-0.4, -0.2) is 47.7 Å². The van der Waals surface area contributed by atoms with E-state index in [0.717, 1.165) is 38.9 Å². The number of aliphatic carboxylic acids is 1. The molecule has 5 nitrogen and oxygen atoms in total. The Morgan fingerprint density at radius 3 is 2.57 bits per heavy atom. The maximum Gasteiger partial charge on any atom is 0.306 e. The van der Waals surface area contributed by atoms with Gasteiger partial charge < -0.3 is 15.2 Å². The highest BCUT2D eigenvalue weighted by molar-refractivity contribution is 8.00. The predicted molar refractivity (Wildman–Crippen MR) is 82.4 cm³/mol. The molecule has 2 atom stereocenters. The minimum atomic E-state index is -0.766. The monoisotopic (exact) mass is 315 g/mol. The molecular formula is C15H25NO4S. The highest BCUT2D eigenvalue weighted by Crippen LogP contribution is 2.34. The average Bonchev–Trinajstić information content (AvgIpc) is 2.53. The Kier molecular flexibility index (Phi) is 5.93. The molecule has 0 bridgehead atoms. The Morgan fingerprint density at radius 1 is 1.29 bits per heavy atom. The molecule has 0 aromatic carbocycles. The Bertz CT molecular complexity index is 382. The summed E-state index contributed by atoms with van der Waals surface area (Å²) in [6, 6.07) is 0. The molecule has 0 radical (unpaired) electrons. The number of carboxylic acids is 1. The van der Waals surface area contributed by atoms with Gasteiger partial charge in [-0.15, -0.1) is 0 Å². The van der Waals surface area contributed by atoms with E-state index in [0.29, 0.717) is 19.4 Å². The van der Waals surface area contributed by atoms with Crippen molar-refractivity contribution in [3.8, 4) is 0 Å². The van der Waals surface area contributed by atoms with Gasteiger partial charge in [-0.3, -0.25) is 9.59 Å². The smallest absolute Gasteiger partial charge is 0.306 e. The minimum Gasteiger partial charge on any atom is -0.481 e. The second-order valence-corrected chi connectivity index (χ2v) is 7.39. The highest BCUT2D eigenvalue weighted by Gasteiger charge is 2.35. The first kappa shape index (κ1) is 16.6. The third kappa shape index (κ3) is 4.36. The van der Waals surface area contributed by atoms with E-state index in [1.807, 2.05) is 0 Å². The molecule has 1 aliphatic heterocycles. The molecule has 0 spiro atoms. The normalized spacial score (nSPS) is 28.8. The molecule has 2 aliphatic rings. The zero-order chi connectivity index (χ0) is 15.3. The van der Waals surface area contributed by atoms with E-state index in [9.17, 15) is 9.59 Å². The van der Waals surface area contributed by atoms with Crippen molar-refractivity contribution in [2.24, 2.45) is 11.8 Å². The Balaban J connectivity index is 1.84. The summed E-state index contributed by atoms with van der Waals surface area (Å²) in [5, 5.41) is 12.2. The first-order valence-electron chi connectivity index (χ1n) is 7.70. The fourth-order valence-electron chi connectivity index (χ4n) is 3.24. The van der Waals surface area contributed by atoms with Crippen LogP contribution in [0, 0.1) is 11.8 Å². The maximum atomic E-state index is 12.3. The SMILES string of the molecule is CSC1(CNC(=O)C2CCCC(C(=O)O)C2)CCOCC1. The summed E-state index contributed by atoms with van der Waals surface area (Å²) in [6.45, 7) is 2.16. The van der Waals surface area contributed by atoms with Gasteiger partial charge in [-0.1, -0.05) is 6.42 Å². The van der Waals surface area contributed by atoms with Crippen LogP contribution < -0.4 is 5.32 Å². The van der Waals surface area contributed by atoms with Gasteiger partial charge in [0.1, 0.15) is 0 Å². The van der Waals surface area contributed by atoms with Crippen molar-refractivity contribution < 1.29 is 19.4 Å². The average molecular weight is 315 g/mol. The number of carboxylic acid groups (broad SMARTS) is 1. The van der Waals surface area contributed by atoms with Gasteiger partial charge >= 0.3 is 5.97 Å². The van der Waals surface area contributed by atoms with Crippen molar-refractivity contribution in [2.45, 2.75) is 43.3 Å². The largest absolute Gasteiger partial charge is 0.481 e. The molecule has 2 fully saturated rings. The lowest BCUT2D eigenvalue weighted by atomic mass is 9.81. The topological polar surface area (TPSA) is 75.6 Å². The molecule has 0 aromatic heterocycles. The highest BCUT2D eigenvalue weighted by atomic mass is 32.2. The Morgan fingerprint density at radius 2 is 1.95 bits per heavy atom. The Hall–Kier alpha value is -0.750. The van der Waals surface area contributed by atoms with E-state index in [2.05, 4.69) is 11.6 Å². The summed E-state index contributed by atoms with van der Waals surface area (Å²) in [5.41, 5.74) is 0. The summed E-state index contributed by atoms with van der Waals surface area (Å²) in [5.74, 6) is -1.23. The van der Waals surface area contributed by atoms with E-state index < -0.39 is 5.97 Å². The van der Waals surface area contributed by atoms with E-state index >= 15 is 0 Å². The molecule has 6 heteroatoms. The maximum absolute atomic E-state index is 12.3. The number of thioether (sulfide) groups is 1. The number of rotatable bonds is 5. The summed E-state index contributed by atoms with van der Waals surface area (Å²) >= 11 is 1.80. The molecule has 1 aliphatic carbocycles. The second kappa shape index (κ2) is 7.49. The molecule has 21 heavy (non-hydrogen) atoms. The summed E-state index contributed by atoms with van der Waals surface area (Å²) in [4.78, 5) is 23.4. The molecule has 1 heterocycles. The van der Waals surface area contributed by atoms with Crippen LogP contribution >= 0.6 is 11.8 Å². The van der Waals surface area contributed by atoms with Crippen molar-refractivity contribution in [3.05, 3.63) is 0 Å². The molecule has 1 saturated carbocycles. The summed E-state index contributed by atoms with van der Waals surface area (Å²) in [6.07, 6.45) is 6.82. The molecule has 120 valence electrons. The van der Waals surface area contributed by atoms with Crippen LogP contribution in [-0.2, 0) is 14.3 Å². The molecule has 1 amide bonds. The number of carbonyl (C=O) groups excluding carboxylic acids is 1. The van der Waals surface area contributed by atoms with E-state index in [4.69, 9.17) is 9.84 Å².